The summed E-state index contributed by atoms with van der Waals surface area (Å²) in [5.74, 6) is -1.85. The van der Waals surface area contributed by atoms with Crippen LogP contribution in [-0.4, -0.2) is 57.6 Å². The molecule has 0 radical (unpaired) electrons. The van der Waals surface area contributed by atoms with Crippen LogP contribution in [0.4, 0.5) is 9.18 Å². The molecule has 0 aliphatic carbocycles. The number of carboxylic acids is 1. The Kier molecular flexibility index (Phi) is 7.41. The first-order valence-electron chi connectivity index (χ1n) is 10.1. The number of benzene rings is 1. The molecule has 1 N–H and O–H groups in total. The van der Waals surface area contributed by atoms with Crippen LogP contribution in [0.25, 0.3) is 0 Å². The molecule has 11 heteroatoms. The van der Waals surface area contributed by atoms with Crippen LogP contribution in [0.15, 0.2) is 24.5 Å². The molecule has 32 heavy (non-hydrogen) atoms. The van der Waals surface area contributed by atoms with E-state index in [2.05, 4.69) is 9.97 Å². The van der Waals surface area contributed by atoms with Crippen LogP contribution in [0.3, 0.4) is 0 Å². The molecule has 3 rings (SSSR count). The van der Waals surface area contributed by atoms with Crippen molar-refractivity contribution in [2.45, 2.75) is 45.8 Å². The molecule has 1 aliphatic heterocycles. The zero-order valence-electron chi connectivity index (χ0n) is 17.9. The second-order valence-electron chi connectivity index (χ2n) is 7.42. The zero-order valence-corrected chi connectivity index (χ0v) is 17.9. The van der Waals surface area contributed by atoms with Crippen LogP contribution in [0.2, 0.25) is 0 Å². The summed E-state index contributed by atoms with van der Waals surface area (Å²) in [6.45, 7) is 6.08. The van der Waals surface area contributed by atoms with Gasteiger partial charge in [-0.3, -0.25) is 0 Å². The van der Waals surface area contributed by atoms with E-state index < -0.39 is 17.9 Å². The Morgan fingerprint density at radius 1 is 1.19 bits per heavy atom. The molecule has 0 saturated carbocycles. The maximum atomic E-state index is 14.2. The number of hydroxylamine groups is 2. The highest BCUT2D eigenvalue weighted by Gasteiger charge is 2.25. The van der Waals surface area contributed by atoms with E-state index in [1.807, 2.05) is 0 Å². The van der Waals surface area contributed by atoms with Gasteiger partial charge < -0.3 is 24.2 Å². The summed E-state index contributed by atoms with van der Waals surface area (Å²) in [7, 11) is 0. The van der Waals surface area contributed by atoms with Crippen molar-refractivity contribution in [3.05, 3.63) is 41.5 Å². The predicted octanol–water partition coefficient (Wildman–Crippen LogP) is 3.73. The first kappa shape index (κ1) is 23.2. The van der Waals surface area contributed by atoms with Crippen LogP contribution >= 0.6 is 0 Å². The Labute approximate surface area is 183 Å². The average Bonchev–Trinajstić information content (AvgIpc) is 2.73. The predicted molar refractivity (Wildman–Crippen MR) is 108 cm³/mol. The quantitative estimate of drug-likeness (QED) is 0.626. The number of carbonyl (C=O) groups excluding carboxylic acids is 1. The third kappa shape index (κ3) is 6.03. The summed E-state index contributed by atoms with van der Waals surface area (Å²) in [6, 6.07) is 3.33. The largest absolute Gasteiger partial charge is 0.528 e. The number of halogens is 1. The first-order valence-corrected chi connectivity index (χ1v) is 10.1. The zero-order chi connectivity index (χ0) is 23.3. The number of piperidine rings is 1. The van der Waals surface area contributed by atoms with Crippen molar-refractivity contribution in [2.75, 3.05) is 13.1 Å². The van der Waals surface area contributed by atoms with Gasteiger partial charge in [-0.05, 0) is 39.0 Å². The molecule has 2 heterocycles. The van der Waals surface area contributed by atoms with E-state index in [4.69, 9.17) is 24.2 Å². The van der Waals surface area contributed by atoms with Crippen molar-refractivity contribution < 1.29 is 38.1 Å². The lowest BCUT2D eigenvalue weighted by Crippen LogP contribution is -2.40. The van der Waals surface area contributed by atoms with Gasteiger partial charge in [-0.15, -0.1) is 5.06 Å². The lowest BCUT2D eigenvalue weighted by Gasteiger charge is -2.30. The van der Waals surface area contributed by atoms with E-state index >= 15 is 0 Å². The second kappa shape index (κ2) is 10.2. The van der Waals surface area contributed by atoms with Crippen molar-refractivity contribution in [3.8, 4) is 17.5 Å². The molecule has 172 valence electrons. The number of aromatic carboxylic acids is 1. The molecular formula is C21H24FN3O7. The summed E-state index contributed by atoms with van der Waals surface area (Å²) < 4.78 is 30.6. The van der Waals surface area contributed by atoms with Crippen LogP contribution in [0.1, 0.15) is 42.6 Å². The minimum atomic E-state index is -1.24. The molecule has 1 saturated heterocycles. The normalized spacial score (nSPS) is 14.8. The third-order valence-corrected chi connectivity index (χ3v) is 4.59. The molecule has 0 spiro atoms. The Morgan fingerprint density at radius 3 is 2.50 bits per heavy atom. The molecule has 0 bridgehead atoms. The summed E-state index contributed by atoms with van der Waals surface area (Å²) in [6.07, 6.45) is 1.23. The van der Waals surface area contributed by atoms with Crippen molar-refractivity contribution in [1.82, 2.24) is 15.0 Å². The molecule has 1 fully saturated rings. The van der Waals surface area contributed by atoms with E-state index in [-0.39, 0.29) is 35.3 Å². The van der Waals surface area contributed by atoms with Gasteiger partial charge in [0.15, 0.2) is 11.6 Å². The molecule has 1 aromatic heterocycles. The lowest BCUT2D eigenvalue weighted by molar-refractivity contribution is -0.151. The molecule has 1 aromatic carbocycles. The number of aromatic nitrogens is 2. The number of nitrogens with zero attached hydrogens (tertiary/aromatic N) is 3. The van der Waals surface area contributed by atoms with E-state index in [0.717, 1.165) is 6.07 Å². The molecule has 1 aliphatic rings. The second-order valence-corrected chi connectivity index (χ2v) is 7.42. The monoisotopic (exact) mass is 449 g/mol. The van der Waals surface area contributed by atoms with Gasteiger partial charge in [-0.25, -0.2) is 23.9 Å². The van der Waals surface area contributed by atoms with Crippen molar-refractivity contribution in [1.29, 1.82) is 0 Å². The van der Waals surface area contributed by atoms with Gasteiger partial charge in [0.2, 0.25) is 11.8 Å². The van der Waals surface area contributed by atoms with E-state index in [1.165, 1.54) is 23.5 Å². The average molecular weight is 449 g/mol. The fourth-order valence-corrected chi connectivity index (χ4v) is 2.98. The summed E-state index contributed by atoms with van der Waals surface area (Å²) in [4.78, 5) is 35.8. The summed E-state index contributed by atoms with van der Waals surface area (Å²) in [5.41, 5.74) is 0.277. The number of hydrogen-bond donors (Lipinski definition) is 1. The number of carboxylic acid groups (broad SMARTS) is 1. The number of carbonyl (C=O) groups is 2. The molecule has 0 amide bonds. The minimum absolute atomic E-state index is 0.0918. The van der Waals surface area contributed by atoms with Crippen LogP contribution < -0.4 is 9.47 Å². The summed E-state index contributed by atoms with van der Waals surface area (Å²) >= 11 is 0. The topological polar surface area (TPSA) is 120 Å². The van der Waals surface area contributed by atoms with Crippen LogP contribution in [0.5, 0.6) is 17.5 Å². The van der Waals surface area contributed by atoms with Crippen LogP contribution in [-0.2, 0) is 9.57 Å². The maximum absolute atomic E-state index is 14.2. The van der Waals surface area contributed by atoms with Gasteiger partial charge in [0.1, 0.15) is 12.4 Å². The van der Waals surface area contributed by atoms with E-state index in [0.29, 0.717) is 31.5 Å². The highest BCUT2D eigenvalue weighted by molar-refractivity contribution is 5.87. The third-order valence-electron chi connectivity index (χ3n) is 4.59. The van der Waals surface area contributed by atoms with Gasteiger partial charge in [0.05, 0.1) is 17.2 Å². The molecule has 2 aromatic rings. The smallest absolute Gasteiger partial charge is 0.478 e. The van der Waals surface area contributed by atoms with Crippen molar-refractivity contribution >= 4 is 12.1 Å². The number of rotatable bonds is 7. The van der Waals surface area contributed by atoms with E-state index in [9.17, 15) is 14.0 Å². The lowest BCUT2D eigenvalue weighted by atomic mass is 10.1. The van der Waals surface area contributed by atoms with Gasteiger partial charge >= 0.3 is 12.1 Å². The number of ether oxygens (including phenoxy) is 3. The standard InChI is InChI=1S/C21H24FN3O7/c1-12(2)29-21(28)32-25-8-6-15(7-9-25)30-18-13(3)19(24-11-23-18)31-17-5-4-14(20(26)27)10-16(17)22/h4-5,10-12,15H,6-9H2,1-3H3,(H,26,27). The van der Waals surface area contributed by atoms with Gasteiger partial charge in [0.25, 0.3) is 0 Å². The highest BCUT2D eigenvalue weighted by atomic mass is 19.1. The number of hydrogen-bond acceptors (Lipinski definition) is 9. The minimum Gasteiger partial charge on any atom is -0.478 e. The highest BCUT2D eigenvalue weighted by Crippen LogP contribution is 2.30. The first-order chi connectivity index (χ1) is 15.2. The van der Waals surface area contributed by atoms with Gasteiger partial charge in [0, 0.05) is 25.9 Å². The molecular weight excluding hydrogens is 425 g/mol. The molecule has 0 atom stereocenters. The Balaban J connectivity index is 1.60. The van der Waals surface area contributed by atoms with Crippen molar-refractivity contribution in [3.63, 3.8) is 0 Å². The Bertz CT molecular complexity index is 978. The van der Waals surface area contributed by atoms with Crippen LogP contribution in [0, 0.1) is 12.7 Å². The molecule has 0 unspecified atom stereocenters. The SMILES string of the molecule is Cc1c(Oc2ccc(C(=O)O)cc2F)ncnc1OC1CCN(OC(=O)OC(C)C)CC1. The van der Waals surface area contributed by atoms with Crippen molar-refractivity contribution in [2.24, 2.45) is 0 Å². The fourth-order valence-electron chi connectivity index (χ4n) is 2.98. The Morgan fingerprint density at radius 2 is 1.88 bits per heavy atom. The van der Waals surface area contributed by atoms with Gasteiger partial charge in [-0.1, -0.05) is 0 Å². The molecule has 10 nitrogen and oxygen atoms in total. The van der Waals surface area contributed by atoms with Gasteiger partial charge in [-0.2, -0.15) is 0 Å². The maximum Gasteiger partial charge on any atom is 0.528 e. The summed E-state index contributed by atoms with van der Waals surface area (Å²) in [5, 5.41) is 10.5. The van der Waals surface area contributed by atoms with E-state index in [1.54, 1.807) is 20.8 Å². The fraction of sp³-hybridized carbons (Fsp3) is 0.429. The Hall–Kier alpha value is -3.47.